The van der Waals surface area contributed by atoms with Gasteiger partial charge in [-0.25, -0.2) is 0 Å². The van der Waals surface area contributed by atoms with Gasteiger partial charge in [-0.15, -0.1) is 0 Å². The zero-order valence-electron chi connectivity index (χ0n) is 17.0. The maximum atomic E-state index is 13.6. The molecule has 4 rings (SSSR count). The predicted octanol–water partition coefficient (Wildman–Crippen LogP) is 6.45. The SMILES string of the molecule is COc1cc2c(cc1OC)C(c1ccccc1Cl)N(C(=O)c1ccc(Cl)c(Cl)c1)CC2. The summed E-state index contributed by atoms with van der Waals surface area (Å²) in [7, 11) is 3.20. The number of rotatable bonds is 4. The van der Waals surface area contributed by atoms with Crippen molar-refractivity contribution in [3.05, 3.63) is 91.9 Å². The number of fused-ring (bicyclic) bond motifs is 1. The van der Waals surface area contributed by atoms with Crippen molar-refractivity contribution in [3.63, 3.8) is 0 Å². The number of ether oxygens (including phenoxy) is 2. The molecular weight excluding hydrogens is 457 g/mol. The van der Waals surface area contributed by atoms with Crippen molar-refractivity contribution in [1.82, 2.24) is 4.90 Å². The highest BCUT2D eigenvalue weighted by Crippen LogP contribution is 2.43. The van der Waals surface area contributed by atoms with Gasteiger partial charge in [0.1, 0.15) is 0 Å². The van der Waals surface area contributed by atoms with Crippen LogP contribution in [0.15, 0.2) is 54.6 Å². The molecule has 1 amide bonds. The topological polar surface area (TPSA) is 38.8 Å². The maximum absolute atomic E-state index is 13.6. The lowest BCUT2D eigenvalue weighted by molar-refractivity contribution is 0.0694. The second kappa shape index (κ2) is 8.99. The van der Waals surface area contributed by atoms with Crippen molar-refractivity contribution in [2.24, 2.45) is 0 Å². The lowest BCUT2D eigenvalue weighted by atomic mass is 9.87. The van der Waals surface area contributed by atoms with E-state index in [2.05, 4.69) is 0 Å². The van der Waals surface area contributed by atoms with Gasteiger partial charge in [0.2, 0.25) is 0 Å². The van der Waals surface area contributed by atoms with Crippen LogP contribution in [0.3, 0.4) is 0 Å². The molecule has 160 valence electrons. The molecule has 0 aliphatic carbocycles. The van der Waals surface area contributed by atoms with E-state index in [1.165, 1.54) is 0 Å². The fraction of sp³-hybridized carbons (Fsp3) is 0.208. The van der Waals surface area contributed by atoms with Crippen LogP contribution in [0.2, 0.25) is 15.1 Å². The third kappa shape index (κ3) is 4.08. The van der Waals surface area contributed by atoms with Crippen molar-refractivity contribution in [2.75, 3.05) is 20.8 Å². The number of nitrogens with zero attached hydrogens (tertiary/aromatic N) is 1. The summed E-state index contributed by atoms with van der Waals surface area (Å²) in [6.45, 7) is 0.511. The molecule has 0 radical (unpaired) electrons. The summed E-state index contributed by atoms with van der Waals surface area (Å²) in [5, 5.41) is 1.33. The first-order chi connectivity index (χ1) is 14.9. The van der Waals surface area contributed by atoms with Gasteiger partial charge in [0.25, 0.3) is 5.91 Å². The molecule has 1 aliphatic rings. The maximum Gasteiger partial charge on any atom is 0.254 e. The second-order valence-electron chi connectivity index (χ2n) is 7.21. The molecule has 1 heterocycles. The minimum atomic E-state index is -0.390. The van der Waals surface area contributed by atoms with E-state index in [4.69, 9.17) is 44.3 Å². The standard InChI is InChI=1S/C24H20Cl3NO3/c1-30-21-12-14-9-10-28(24(29)15-7-8-19(26)20(27)11-15)23(17(14)13-22(21)31-2)16-5-3-4-6-18(16)25/h3-8,11-13,23H,9-10H2,1-2H3. The zero-order chi connectivity index (χ0) is 22.1. The fourth-order valence-corrected chi connectivity index (χ4v) is 4.53. The Morgan fingerprint density at radius 1 is 0.871 bits per heavy atom. The van der Waals surface area contributed by atoms with Crippen LogP contribution in [0, 0.1) is 0 Å². The third-order valence-electron chi connectivity index (χ3n) is 5.50. The molecule has 1 aliphatic heterocycles. The van der Waals surface area contributed by atoms with Crippen molar-refractivity contribution in [2.45, 2.75) is 12.5 Å². The largest absolute Gasteiger partial charge is 0.493 e. The molecule has 0 fully saturated rings. The van der Waals surface area contributed by atoms with E-state index in [1.54, 1.807) is 32.4 Å². The fourth-order valence-electron chi connectivity index (χ4n) is 3.99. The molecule has 0 spiro atoms. The van der Waals surface area contributed by atoms with Crippen LogP contribution in [0.25, 0.3) is 0 Å². The molecule has 0 N–H and O–H groups in total. The molecule has 0 saturated heterocycles. The number of carbonyl (C=O) groups excluding carboxylic acids is 1. The molecule has 1 unspecified atom stereocenters. The number of hydrogen-bond donors (Lipinski definition) is 0. The van der Waals surface area contributed by atoms with E-state index in [-0.39, 0.29) is 11.9 Å². The monoisotopic (exact) mass is 475 g/mol. The summed E-state index contributed by atoms with van der Waals surface area (Å²) < 4.78 is 11.0. The van der Waals surface area contributed by atoms with Crippen LogP contribution in [-0.2, 0) is 6.42 Å². The van der Waals surface area contributed by atoms with Gasteiger partial charge in [-0.3, -0.25) is 4.79 Å². The molecule has 0 aromatic heterocycles. The van der Waals surface area contributed by atoms with Crippen LogP contribution >= 0.6 is 34.8 Å². The van der Waals surface area contributed by atoms with Gasteiger partial charge in [-0.2, -0.15) is 0 Å². The minimum absolute atomic E-state index is 0.149. The lowest BCUT2D eigenvalue weighted by Crippen LogP contribution is -2.40. The van der Waals surface area contributed by atoms with Crippen molar-refractivity contribution < 1.29 is 14.3 Å². The first-order valence-electron chi connectivity index (χ1n) is 9.69. The average Bonchev–Trinajstić information content (AvgIpc) is 2.79. The summed E-state index contributed by atoms with van der Waals surface area (Å²) in [6, 6.07) is 16.0. The summed E-state index contributed by atoms with van der Waals surface area (Å²) in [5.41, 5.74) is 3.34. The van der Waals surface area contributed by atoms with E-state index in [9.17, 15) is 4.79 Å². The third-order valence-corrected chi connectivity index (χ3v) is 6.58. The molecule has 0 bridgehead atoms. The minimum Gasteiger partial charge on any atom is -0.493 e. The molecule has 4 nitrogen and oxygen atoms in total. The molecule has 0 saturated carbocycles. The Balaban J connectivity index is 1.87. The highest BCUT2D eigenvalue weighted by Gasteiger charge is 2.35. The smallest absolute Gasteiger partial charge is 0.254 e. The summed E-state index contributed by atoms with van der Waals surface area (Å²) in [5.74, 6) is 1.11. The Labute approximate surface area is 196 Å². The van der Waals surface area contributed by atoms with Gasteiger partial charge in [-0.1, -0.05) is 53.0 Å². The van der Waals surface area contributed by atoms with Crippen LogP contribution < -0.4 is 9.47 Å². The van der Waals surface area contributed by atoms with E-state index in [1.807, 2.05) is 41.3 Å². The first kappa shape index (κ1) is 21.8. The molecule has 3 aromatic rings. The first-order valence-corrected chi connectivity index (χ1v) is 10.8. The number of benzene rings is 3. The highest BCUT2D eigenvalue weighted by atomic mass is 35.5. The summed E-state index contributed by atoms with van der Waals surface area (Å²) >= 11 is 18.8. The molecule has 31 heavy (non-hydrogen) atoms. The number of hydrogen-bond acceptors (Lipinski definition) is 3. The molecule has 7 heteroatoms. The number of methoxy groups -OCH3 is 2. The predicted molar refractivity (Wildman–Crippen MR) is 124 cm³/mol. The zero-order valence-corrected chi connectivity index (χ0v) is 19.3. The van der Waals surface area contributed by atoms with Crippen molar-refractivity contribution in [3.8, 4) is 11.5 Å². The molecule has 3 aromatic carbocycles. The number of carbonyl (C=O) groups is 1. The number of halogens is 3. The van der Waals surface area contributed by atoms with Gasteiger partial charge in [0.15, 0.2) is 11.5 Å². The van der Waals surface area contributed by atoms with Crippen molar-refractivity contribution in [1.29, 1.82) is 0 Å². The second-order valence-corrected chi connectivity index (χ2v) is 8.43. The van der Waals surface area contributed by atoms with Crippen LogP contribution in [-0.4, -0.2) is 31.6 Å². The molecular formula is C24H20Cl3NO3. The Hall–Kier alpha value is -2.40. The van der Waals surface area contributed by atoms with E-state index in [0.29, 0.717) is 45.1 Å². The average molecular weight is 477 g/mol. The Morgan fingerprint density at radius 2 is 1.58 bits per heavy atom. The number of amides is 1. The van der Waals surface area contributed by atoms with Crippen LogP contribution in [0.1, 0.15) is 33.1 Å². The van der Waals surface area contributed by atoms with Crippen LogP contribution in [0.5, 0.6) is 11.5 Å². The van der Waals surface area contributed by atoms with E-state index >= 15 is 0 Å². The van der Waals surface area contributed by atoms with Gasteiger partial charge >= 0.3 is 0 Å². The van der Waals surface area contributed by atoms with Gasteiger partial charge in [0, 0.05) is 17.1 Å². The normalized spacial score (nSPS) is 15.4. The van der Waals surface area contributed by atoms with Gasteiger partial charge in [-0.05, 0) is 59.5 Å². The lowest BCUT2D eigenvalue weighted by Gasteiger charge is -2.38. The molecule has 1 atom stereocenters. The summed E-state index contributed by atoms with van der Waals surface area (Å²) in [4.78, 5) is 15.4. The van der Waals surface area contributed by atoms with Gasteiger partial charge in [0.05, 0.1) is 30.3 Å². The Kier molecular flexibility index (Phi) is 6.33. The quantitative estimate of drug-likeness (QED) is 0.434. The van der Waals surface area contributed by atoms with Crippen molar-refractivity contribution >= 4 is 40.7 Å². The summed E-state index contributed by atoms with van der Waals surface area (Å²) in [6.07, 6.45) is 0.670. The Morgan fingerprint density at radius 3 is 2.26 bits per heavy atom. The Bertz CT molecular complexity index is 1150. The van der Waals surface area contributed by atoms with Gasteiger partial charge < -0.3 is 14.4 Å². The van der Waals surface area contributed by atoms with Crippen LogP contribution in [0.4, 0.5) is 0 Å². The van der Waals surface area contributed by atoms with E-state index in [0.717, 1.165) is 16.7 Å². The highest BCUT2D eigenvalue weighted by molar-refractivity contribution is 6.42. The van der Waals surface area contributed by atoms with E-state index < -0.39 is 0 Å².